The third kappa shape index (κ3) is 2.50. The second-order valence-electron chi connectivity index (χ2n) is 3.84. The summed E-state index contributed by atoms with van der Waals surface area (Å²) in [6.45, 7) is 0.372. The Kier molecular flexibility index (Phi) is 3.18. The van der Waals surface area contributed by atoms with Crippen molar-refractivity contribution >= 4 is 0 Å². The molecule has 0 spiro atoms. The van der Waals surface area contributed by atoms with Crippen LogP contribution in [0.15, 0.2) is 35.1 Å². The molecule has 2 aromatic rings. The van der Waals surface area contributed by atoms with Gasteiger partial charge in [0.15, 0.2) is 0 Å². The highest BCUT2D eigenvalue weighted by atomic mass is 16.3. The maximum absolute atomic E-state index is 11.3. The molecule has 1 aromatic carbocycles. The number of hydrogen-bond acceptors (Lipinski definition) is 3. The van der Waals surface area contributed by atoms with Crippen LogP contribution < -0.4 is 5.69 Å². The predicted molar refractivity (Wildman–Crippen MR) is 63.1 cm³/mol. The van der Waals surface area contributed by atoms with Crippen molar-refractivity contribution in [3.05, 3.63) is 46.4 Å². The van der Waals surface area contributed by atoms with Crippen molar-refractivity contribution in [2.75, 3.05) is 0 Å². The highest BCUT2D eigenvalue weighted by Crippen LogP contribution is 2.19. The van der Waals surface area contributed by atoms with Crippen molar-refractivity contribution in [2.24, 2.45) is 0 Å². The molecule has 0 saturated carbocycles. The average molecular weight is 234 g/mol. The zero-order chi connectivity index (χ0) is 12.3. The molecule has 90 valence electrons. The number of imidazole rings is 1. The molecule has 0 aliphatic carbocycles. The fourth-order valence-electron chi connectivity index (χ4n) is 1.74. The average Bonchev–Trinajstić information content (AvgIpc) is 2.57. The normalized spacial score (nSPS) is 10.6. The number of hydrogen-bond donors (Lipinski definition) is 3. The third-order valence-electron chi connectivity index (χ3n) is 2.63. The second kappa shape index (κ2) is 4.78. The molecule has 0 atom stereocenters. The lowest BCUT2D eigenvalue weighted by Crippen LogP contribution is -2.16. The minimum absolute atomic E-state index is 0.372. The molecule has 0 amide bonds. The summed E-state index contributed by atoms with van der Waals surface area (Å²) in [5, 5.41) is 18.5. The first-order valence-corrected chi connectivity index (χ1v) is 5.43. The van der Waals surface area contributed by atoms with Gasteiger partial charge in [-0.15, -0.1) is 0 Å². The number of aromatic hydroxyl groups is 2. The van der Waals surface area contributed by atoms with E-state index in [0.29, 0.717) is 6.54 Å². The molecule has 0 unspecified atom stereocenters. The van der Waals surface area contributed by atoms with E-state index >= 15 is 0 Å². The van der Waals surface area contributed by atoms with E-state index in [9.17, 15) is 9.90 Å². The van der Waals surface area contributed by atoms with E-state index in [4.69, 9.17) is 5.11 Å². The Morgan fingerprint density at radius 3 is 2.47 bits per heavy atom. The standard InChI is InChI=1S/C12H14N2O3/c15-10-11(16)14(12(17)13-10)8-4-7-9-5-2-1-3-6-9/h1-3,5-6,15-16H,4,7-8H2,(H,13,17). The molecule has 0 aliphatic heterocycles. The largest absolute Gasteiger partial charge is 0.491 e. The number of aromatic nitrogens is 2. The van der Waals surface area contributed by atoms with Crippen molar-refractivity contribution in [3.8, 4) is 11.8 Å². The van der Waals surface area contributed by atoms with Crippen LogP contribution in [0.1, 0.15) is 12.0 Å². The number of benzene rings is 1. The van der Waals surface area contributed by atoms with Crippen LogP contribution in [0.25, 0.3) is 0 Å². The van der Waals surface area contributed by atoms with Crippen LogP contribution in [0.3, 0.4) is 0 Å². The van der Waals surface area contributed by atoms with Crippen molar-refractivity contribution in [1.29, 1.82) is 0 Å². The van der Waals surface area contributed by atoms with Gasteiger partial charge in [0.2, 0.25) is 0 Å². The smallest absolute Gasteiger partial charge is 0.331 e. The molecule has 17 heavy (non-hydrogen) atoms. The van der Waals surface area contributed by atoms with Crippen molar-refractivity contribution < 1.29 is 10.2 Å². The van der Waals surface area contributed by atoms with Gasteiger partial charge in [-0.05, 0) is 18.4 Å². The topological polar surface area (TPSA) is 78.2 Å². The lowest BCUT2D eigenvalue weighted by Gasteiger charge is -2.03. The number of nitrogens with zero attached hydrogens (tertiary/aromatic N) is 1. The van der Waals surface area contributed by atoms with Gasteiger partial charge in [0.25, 0.3) is 11.8 Å². The van der Waals surface area contributed by atoms with Crippen molar-refractivity contribution in [2.45, 2.75) is 19.4 Å². The maximum Gasteiger partial charge on any atom is 0.331 e. The first-order chi connectivity index (χ1) is 8.18. The van der Waals surface area contributed by atoms with Crippen LogP contribution in [0.4, 0.5) is 0 Å². The summed E-state index contributed by atoms with van der Waals surface area (Å²) >= 11 is 0. The number of rotatable bonds is 4. The monoisotopic (exact) mass is 234 g/mol. The molecule has 1 heterocycles. The summed E-state index contributed by atoms with van der Waals surface area (Å²) in [4.78, 5) is 13.4. The van der Waals surface area contributed by atoms with Crippen LogP contribution in [0, 0.1) is 0 Å². The number of aromatic amines is 1. The van der Waals surface area contributed by atoms with Gasteiger partial charge >= 0.3 is 5.69 Å². The van der Waals surface area contributed by atoms with E-state index in [1.807, 2.05) is 30.3 Å². The van der Waals surface area contributed by atoms with Crippen LogP contribution >= 0.6 is 0 Å². The molecule has 0 bridgehead atoms. The number of H-pyrrole nitrogens is 1. The van der Waals surface area contributed by atoms with Crippen LogP contribution in [-0.4, -0.2) is 19.8 Å². The lowest BCUT2D eigenvalue weighted by atomic mass is 10.1. The highest BCUT2D eigenvalue weighted by molar-refractivity contribution is 5.23. The molecule has 2 rings (SSSR count). The summed E-state index contributed by atoms with van der Waals surface area (Å²) in [5.41, 5.74) is 0.688. The fraction of sp³-hybridized carbons (Fsp3) is 0.250. The van der Waals surface area contributed by atoms with Gasteiger partial charge in [-0.3, -0.25) is 9.55 Å². The van der Waals surface area contributed by atoms with Crippen LogP contribution in [0.5, 0.6) is 11.8 Å². The fourth-order valence-corrected chi connectivity index (χ4v) is 1.74. The summed E-state index contributed by atoms with van der Waals surface area (Å²) < 4.78 is 1.12. The Hall–Kier alpha value is -2.17. The van der Waals surface area contributed by atoms with Crippen LogP contribution in [0.2, 0.25) is 0 Å². The molecule has 0 aliphatic rings. The molecule has 3 N–H and O–H groups in total. The summed E-state index contributed by atoms with van der Waals surface area (Å²) in [7, 11) is 0. The summed E-state index contributed by atoms with van der Waals surface area (Å²) in [6, 6.07) is 9.89. The van der Waals surface area contributed by atoms with Gasteiger partial charge < -0.3 is 10.2 Å². The molecule has 0 radical (unpaired) electrons. The minimum Gasteiger partial charge on any atom is -0.491 e. The Labute approximate surface area is 98.0 Å². The first-order valence-electron chi connectivity index (χ1n) is 5.43. The Morgan fingerprint density at radius 2 is 1.88 bits per heavy atom. The van der Waals surface area contributed by atoms with Crippen molar-refractivity contribution in [3.63, 3.8) is 0 Å². The zero-order valence-corrected chi connectivity index (χ0v) is 9.26. The molecule has 5 nitrogen and oxygen atoms in total. The Bertz CT molecular complexity index is 543. The van der Waals surface area contributed by atoms with Gasteiger partial charge in [-0.1, -0.05) is 30.3 Å². The summed E-state index contributed by atoms with van der Waals surface area (Å²) in [6.07, 6.45) is 1.54. The Morgan fingerprint density at radius 1 is 1.18 bits per heavy atom. The summed E-state index contributed by atoms with van der Waals surface area (Å²) in [5.74, 6) is -0.877. The van der Waals surface area contributed by atoms with E-state index in [-0.39, 0.29) is 0 Å². The number of aryl methyl sites for hydroxylation is 1. The number of nitrogens with one attached hydrogen (secondary N) is 1. The van der Waals surface area contributed by atoms with E-state index in [2.05, 4.69) is 4.98 Å². The molecule has 1 aromatic heterocycles. The van der Waals surface area contributed by atoms with E-state index in [0.717, 1.165) is 17.4 Å². The third-order valence-corrected chi connectivity index (χ3v) is 2.63. The van der Waals surface area contributed by atoms with Gasteiger partial charge in [0.05, 0.1) is 0 Å². The minimum atomic E-state index is -0.493. The van der Waals surface area contributed by atoms with Gasteiger partial charge in [-0.2, -0.15) is 0 Å². The van der Waals surface area contributed by atoms with E-state index in [1.54, 1.807) is 0 Å². The predicted octanol–water partition coefficient (Wildman–Crippen LogP) is 1.22. The zero-order valence-electron chi connectivity index (χ0n) is 9.26. The van der Waals surface area contributed by atoms with Gasteiger partial charge in [0, 0.05) is 6.54 Å². The molecular weight excluding hydrogens is 220 g/mol. The van der Waals surface area contributed by atoms with Crippen molar-refractivity contribution in [1.82, 2.24) is 9.55 Å². The van der Waals surface area contributed by atoms with E-state index < -0.39 is 17.4 Å². The molecule has 0 fully saturated rings. The van der Waals surface area contributed by atoms with Gasteiger partial charge in [0.1, 0.15) is 0 Å². The van der Waals surface area contributed by atoms with Crippen LogP contribution in [-0.2, 0) is 13.0 Å². The molecule has 5 heteroatoms. The van der Waals surface area contributed by atoms with Gasteiger partial charge in [-0.25, -0.2) is 4.79 Å². The SMILES string of the molecule is O=c1[nH]c(O)c(O)n1CCCc1ccccc1. The second-order valence-corrected chi connectivity index (χ2v) is 3.84. The molecular formula is C12H14N2O3. The maximum atomic E-state index is 11.3. The first kappa shape index (κ1) is 11.3. The lowest BCUT2D eigenvalue weighted by molar-refractivity contribution is 0.364. The molecule has 0 saturated heterocycles. The Balaban J connectivity index is 1.97. The highest BCUT2D eigenvalue weighted by Gasteiger charge is 2.10. The quantitative estimate of drug-likeness (QED) is 0.744. The van der Waals surface area contributed by atoms with E-state index in [1.165, 1.54) is 5.56 Å².